The summed E-state index contributed by atoms with van der Waals surface area (Å²) in [6.07, 6.45) is 0. The molecule has 6 nitrogen and oxygen atoms in total. The molecular weight excluding hydrogens is 338 g/mol. The topological polar surface area (TPSA) is 69.7 Å². The van der Waals surface area contributed by atoms with Crippen molar-refractivity contribution >= 4 is 28.3 Å². The van der Waals surface area contributed by atoms with Crippen LogP contribution in [0.1, 0.15) is 24.2 Å². The van der Waals surface area contributed by atoms with E-state index in [4.69, 9.17) is 0 Å². The monoisotopic (exact) mass is 361 g/mol. The van der Waals surface area contributed by atoms with E-state index in [9.17, 15) is 13.2 Å². The predicted molar refractivity (Wildman–Crippen MR) is 92.5 cm³/mol. The minimum atomic E-state index is -3.57. The second-order valence-corrected chi connectivity index (χ2v) is 7.68. The molecule has 0 aliphatic carbocycles. The number of rotatable bonds is 4. The zero-order chi connectivity index (χ0) is 16.3. The Bertz CT molecular complexity index is 643. The van der Waals surface area contributed by atoms with Gasteiger partial charge in [0.05, 0.1) is 4.90 Å². The molecule has 8 heteroatoms. The molecule has 0 atom stereocenters. The lowest BCUT2D eigenvalue weighted by atomic mass is 10.2. The van der Waals surface area contributed by atoms with Gasteiger partial charge in [-0.25, -0.2) is 8.42 Å². The molecule has 23 heavy (non-hydrogen) atoms. The quantitative estimate of drug-likeness (QED) is 0.874. The average Bonchev–Trinajstić information content (AvgIpc) is 2.54. The summed E-state index contributed by atoms with van der Waals surface area (Å²) >= 11 is 0. The van der Waals surface area contributed by atoms with Crippen LogP contribution in [0.5, 0.6) is 0 Å². The van der Waals surface area contributed by atoms with Crippen LogP contribution in [0, 0.1) is 0 Å². The summed E-state index contributed by atoms with van der Waals surface area (Å²) in [5.74, 6) is -0.120. The molecule has 0 aromatic heterocycles. The van der Waals surface area contributed by atoms with Gasteiger partial charge in [0.15, 0.2) is 0 Å². The van der Waals surface area contributed by atoms with Crippen LogP contribution in [-0.2, 0) is 10.0 Å². The van der Waals surface area contributed by atoms with Gasteiger partial charge >= 0.3 is 0 Å². The van der Waals surface area contributed by atoms with Crippen LogP contribution in [0.4, 0.5) is 0 Å². The number of sulfonamides is 1. The van der Waals surface area contributed by atoms with Crippen LogP contribution in [0.25, 0.3) is 0 Å². The van der Waals surface area contributed by atoms with Crippen molar-refractivity contribution in [3.63, 3.8) is 0 Å². The minimum Gasteiger partial charge on any atom is -0.336 e. The van der Waals surface area contributed by atoms with Crippen LogP contribution in [0.3, 0.4) is 0 Å². The number of carbonyl (C=O) groups is 1. The Kier molecular flexibility index (Phi) is 7.01. The molecule has 1 aromatic carbocycles. The molecular formula is C15H24ClN3O3S. The number of carbonyl (C=O) groups excluding carboxylic acids is 1. The van der Waals surface area contributed by atoms with Crippen LogP contribution in [0.2, 0.25) is 0 Å². The highest BCUT2D eigenvalue weighted by molar-refractivity contribution is 7.89. The number of benzene rings is 1. The first kappa shape index (κ1) is 19.9. The van der Waals surface area contributed by atoms with E-state index in [1.807, 2.05) is 13.8 Å². The van der Waals surface area contributed by atoms with Gasteiger partial charge in [-0.2, -0.15) is 4.31 Å². The van der Waals surface area contributed by atoms with Gasteiger partial charge < -0.3 is 10.2 Å². The first-order valence-corrected chi connectivity index (χ1v) is 8.86. The van der Waals surface area contributed by atoms with Crippen LogP contribution >= 0.6 is 12.4 Å². The fraction of sp³-hybridized carbons (Fsp3) is 0.533. The van der Waals surface area contributed by atoms with Crippen LogP contribution < -0.4 is 5.32 Å². The molecule has 1 aliphatic heterocycles. The molecule has 1 saturated heterocycles. The molecule has 1 amide bonds. The first-order chi connectivity index (χ1) is 10.3. The lowest BCUT2D eigenvalue weighted by Crippen LogP contribution is -2.46. The molecule has 1 heterocycles. The third-order valence-corrected chi connectivity index (χ3v) is 5.92. The number of piperazine rings is 1. The van der Waals surface area contributed by atoms with Gasteiger partial charge in [-0.15, -0.1) is 12.4 Å². The zero-order valence-corrected chi connectivity index (χ0v) is 15.3. The maximum absolute atomic E-state index is 12.5. The standard InChI is InChI=1S/C15H23N3O3S.ClH/c1-12(2)17(3)22(20,21)14-6-4-5-13(11-14)15(19)18-9-7-16-8-10-18;/h4-6,11-12,16H,7-10H2,1-3H3;1H. The third kappa shape index (κ3) is 4.44. The van der Waals surface area contributed by atoms with Crippen molar-refractivity contribution in [3.05, 3.63) is 29.8 Å². The van der Waals surface area contributed by atoms with E-state index in [0.29, 0.717) is 18.7 Å². The van der Waals surface area contributed by atoms with E-state index in [0.717, 1.165) is 13.1 Å². The lowest BCUT2D eigenvalue weighted by Gasteiger charge is -2.27. The fourth-order valence-corrected chi connectivity index (χ4v) is 3.70. The Hall–Kier alpha value is -1.15. The molecule has 0 unspecified atom stereocenters. The molecule has 1 fully saturated rings. The van der Waals surface area contributed by atoms with Crippen LogP contribution in [0.15, 0.2) is 29.2 Å². The maximum atomic E-state index is 12.5. The highest BCUT2D eigenvalue weighted by atomic mass is 35.5. The zero-order valence-electron chi connectivity index (χ0n) is 13.7. The van der Waals surface area contributed by atoms with E-state index < -0.39 is 10.0 Å². The number of hydrogen-bond acceptors (Lipinski definition) is 4. The Morgan fingerprint density at radius 3 is 2.43 bits per heavy atom. The third-order valence-electron chi connectivity index (χ3n) is 3.89. The van der Waals surface area contributed by atoms with Gasteiger partial charge in [-0.05, 0) is 32.0 Å². The van der Waals surface area contributed by atoms with Gasteiger partial charge in [0.2, 0.25) is 10.0 Å². The van der Waals surface area contributed by atoms with Crippen LogP contribution in [-0.4, -0.2) is 62.8 Å². The Balaban J connectivity index is 0.00000264. The normalized spacial score (nSPS) is 15.6. The highest BCUT2D eigenvalue weighted by Gasteiger charge is 2.25. The number of halogens is 1. The summed E-state index contributed by atoms with van der Waals surface area (Å²) in [4.78, 5) is 14.4. The summed E-state index contributed by atoms with van der Waals surface area (Å²) in [7, 11) is -2.03. The fourth-order valence-electron chi connectivity index (χ4n) is 2.28. The number of amides is 1. The van der Waals surface area contributed by atoms with E-state index in [1.165, 1.54) is 16.4 Å². The molecule has 1 aromatic rings. The lowest BCUT2D eigenvalue weighted by molar-refractivity contribution is 0.0735. The van der Waals surface area contributed by atoms with Crippen molar-refractivity contribution in [2.75, 3.05) is 33.2 Å². The van der Waals surface area contributed by atoms with E-state index in [-0.39, 0.29) is 29.3 Å². The van der Waals surface area contributed by atoms with Crippen molar-refractivity contribution in [2.45, 2.75) is 24.8 Å². The Morgan fingerprint density at radius 2 is 1.87 bits per heavy atom. The summed E-state index contributed by atoms with van der Waals surface area (Å²) in [5.41, 5.74) is 0.417. The second kappa shape index (κ2) is 8.10. The molecule has 0 spiro atoms. The van der Waals surface area contributed by atoms with E-state index in [2.05, 4.69) is 5.32 Å². The maximum Gasteiger partial charge on any atom is 0.253 e. The van der Waals surface area contributed by atoms with Crippen molar-refractivity contribution in [1.82, 2.24) is 14.5 Å². The molecule has 130 valence electrons. The number of nitrogens with one attached hydrogen (secondary N) is 1. The SMILES string of the molecule is CC(C)N(C)S(=O)(=O)c1cccc(C(=O)N2CCNCC2)c1.Cl. The van der Waals surface area contributed by atoms with E-state index in [1.54, 1.807) is 24.1 Å². The minimum absolute atomic E-state index is 0. The number of nitrogens with zero attached hydrogens (tertiary/aromatic N) is 2. The van der Waals surface area contributed by atoms with Gasteiger partial charge in [-0.1, -0.05) is 6.07 Å². The first-order valence-electron chi connectivity index (χ1n) is 7.42. The number of hydrogen-bond donors (Lipinski definition) is 1. The summed E-state index contributed by atoms with van der Waals surface area (Å²) in [5, 5.41) is 3.19. The summed E-state index contributed by atoms with van der Waals surface area (Å²) in [6, 6.07) is 6.15. The summed E-state index contributed by atoms with van der Waals surface area (Å²) in [6.45, 7) is 6.43. The van der Waals surface area contributed by atoms with Gasteiger partial charge in [-0.3, -0.25) is 4.79 Å². The van der Waals surface area contributed by atoms with E-state index >= 15 is 0 Å². The molecule has 1 aliphatic rings. The second-order valence-electron chi connectivity index (χ2n) is 5.69. The largest absolute Gasteiger partial charge is 0.336 e. The van der Waals surface area contributed by atoms with Gasteiger partial charge in [0.25, 0.3) is 5.91 Å². The average molecular weight is 362 g/mol. The van der Waals surface area contributed by atoms with Gasteiger partial charge in [0.1, 0.15) is 0 Å². The van der Waals surface area contributed by atoms with Crippen molar-refractivity contribution < 1.29 is 13.2 Å². The Morgan fingerprint density at radius 1 is 1.26 bits per heavy atom. The Labute approximate surface area is 144 Å². The molecule has 1 N–H and O–H groups in total. The molecule has 0 radical (unpaired) electrons. The highest BCUT2D eigenvalue weighted by Crippen LogP contribution is 2.18. The van der Waals surface area contributed by atoms with Gasteiger partial charge in [0, 0.05) is 44.8 Å². The van der Waals surface area contributed by atoms with Crippen molar-refractivity contribution in [3.8, 4) is 0 Å². The molecule has 0 bridgehead atoms. The van der Waals surface area contributed by atoms with Crippen molar-refractivity contribution in [2.24, 2.45) is 0 Å². The molecule has 0 saturated carbocycles. The smallest absolute Gasteiger partial charge is 0.253 e. The predicted octanol–water partition coefficient (Wildman–Crippen LogP) is 1.18. The van der Waals surface area contributed by atoms with Crippen molar-refractivity contribution in [1.29, 1.82) is 0 Å². The molecule has 2 rings (SSSR count). The summed E-state index contributed by atoms with van der Waals surface area (Å²) < 4.78 is 26.3.